The van der Waals surface area contributed by atoms with Crippen LogP contribution in [0.5, 0.6) is 0 Å². The summed E-state index contributed by atoms with van der Waals surface area (Å²) in [7, 11) is 2.00. The number of amides is 1. The minimum atomic E-state index is 0.112. The third kappa shape index (κ3) is 2.13. The molecule has 0 radical (unpaired) electrons. The smallest absolute Gasteiger partial charge is 0.254 e. The van der Waals surface area contributed by atoms with Crippen molar-refractivity contribution in [1.82, 2.24) is 14.5 Å². The van der Waals surface area contributed by atoms with E-state index in [4.69, 9.17) is 0 Å². The number of thiazole rings is 1. The van der Waals surface area contributed by atoms with Crippen LogP contribution >= 0.6 is 11.3 Å². The Morgan fingerprint density at radius 3 is 3.09 bits per heavy atom. The molecule has 1 fully saturated rings. The monoisotopic (exact) mass is 311 g/mol. The molecule has 0 unspecified atom stereocenters. The SMILES string of the molecule is Cn1ccc2ccc(C(=O)N3CCC[C@@H]3c3nccs3)cc21. The molecule has 0 saturated carbocycles. The van der Waals surface area contributed by atoms with Crippen LogP contribution in [0.15, 0.2) is 42.0 Å². The maximum Gasteiger partial charge on any atom is 0.254 e. The van der Waals surface area contributed by atoms with Gasteiger partial charge >= 0.3 is 0 Å². The molecule has 4 rings (SSSR count). The lowest BCUT2D eigenvalue weighted by atomic mass is 10.1. The molecular weight excluding hydrogens is 294 g/mol. The fourth-order valence-corrected chi connectivity index (χ4v) is 4.01. The highest BCUT2D eigenvalue weighted by atomic mass is 32.1. The Balaban J connectivity index is 1.68. The van der Waals surface area contributed by atoms with Gasteiger partial charge in [-0.2, -0.15) is 0 Å². The quantitative estimate of drug-likeness (QED) is 0.725. The van der Waals surface area contributed by atoms with Crippen molar-refractivity contribution in [2.24, 2.45) is 7.05 Å². The summed E-state index contributed by atoms with van der Waals surface area (Å²) in [6.07, 6.45) is 5.89. The average molecular weight is 311 g/mol. The van der Waals surface area contributed by atoms with E-state index in [1.165, 1.54) is 0 Å². The second-order valence-corrected chi connectivity index (χ2v) is 6.65. The second-order valence-electron chi connectivity index (χ2n) is 5.73. The largest absolute Gasteiger partial charge is 0.351 e. The van der Waals surface area contributed by atoms with Crippen molar-refractivity contribution >= 4 is 28.1 Å². The summed E-state index contributed by atoms with van der Waals surface area (Å²) in [6.45, 7) is 0.814. The second kappa shape index (κ2) is 5.25. The molecule has 5 heteroatoms. The maximum absolute atomic E-state index is 12.9. The van der Waals surface area contributed by atoms with Crippen LogP contribution in [-0.4, -0.2) is 26.9 Å². The van der Waals surface area contributed by atoms with E-state index in [1.54, 1.807) is 11.3 Å². The van der Waals surface area contributed by atoms with Gasteiger partial charge in [-0.25, -0.2) is 4.98 Å². The minimum Gasteiger partial charge on any atom is -0.351 e. The number of carbonyl (C=O) groups is 1. The Labute approximate surface area is 133 Å². The zero-order valence-electron chi connectivity index (χ0n) is 12.4. The predicted molar refractivity (Wildman–Crippen MR) is 88.0 cm³/mol. The van der Waals surface area contributed by atoms with Crippen LogP contribution < -0.4 is 0 Å². The van der Waals surface area contributed by atoms with Gasteiger partial charge in [0, 0.05) is 42.4 Å². The molecule has 1 saturated heterocycles. The van der Waals surface area contributed by atoms with Gasteiger partial charge in [-0.05, 0) is 36.4 Å². The zero-order chi connectivity index (χ0) is 15.1. The Bertz CT molecular complexity index is 822. The molecular formula is C17H17N3OS. The number of aromatic nitrogens is 2. The summed E-state index contributed by atoms with van der Waals surface area (Å²) in [5.74, 6) is 0.112. The molecule has 112 valence electrons. The van der Waals surface area contributed by atoms with Gasteiger partial charge < -0.3 is 9.47 Å². The summed E-state index contributed by atoms with van der Waals surface area (Å²) in [5.41, 5.74) is 1.86. The number of fused-ring (bicyclic) bond motifs is 1. The molecule has 0 N–H and O–H groups in total. The summed E-state index contributed by atoms with van der Waals surface area (Å²) in [4.78, 5) is 19.3. The molecule has 0 aliphatic carbocycles. The van der Waals surface area contributed by atoms with Gasteiger partial charge in [0.25, 0.3) is 5.91 Å². The van der Waals surface area contributed by atoms with E-state index in [0.29, 0.717) is 0 Å². The third-order valence-corrected chi connectivity index (χ3v) is 5.26. The van der Waals surface area contributed by atoms with Crippen molar-refractivity contribution in [3.63, 3.8) is 0 Å². The standard InChI is InChI=1S/C17H17N3OS/c1-19-9-6-12-4-5-13(11-15(12)19)17(21)20-8-2-3-14(20)16-18-7-10-22-16/h4-7,9-11,14H,2-3,8H2,1H3/t14-/m1/s1. The van der Waals surface area contributed by atoms with Crippen molar-refractivity contribution in [2.45, 2.75) is 18.9 Å². The Morgan fingerprint density at radius 2 is 2.27 bits per heavy atom. The number of aryl methyl sites for hydroxylation is 1. The van der Waals surface area contributed by atoms with Crippen molar-refractivity contribution in [3.8, 4) is 0 Å². The maximum atomic E-state index is 12.9. The van der Waals surface area contributed by atoms with Crippen LogP contribution in [0.2, 0.25) is 0 Å². The molecule has 1 atom stereocenters. The lowest BCUT2D eigenvalue weighted by Crippen LogP contribution is -2.30. The summed E-state index contributed by atoms with van der Waals surface area (Å²) in [6, 6.07) is 8.16. The highest BCUT2D eigenvalue weighted by Gasteiger charge is 2.32. The van der Waals surface area contributed by atoms with Crippen LogP contribution in [-0.2, 0) is 7.05 Å². The third-order valence-electron chi connectivity index (χ3n) is 4.39. The number of benzene rings is 1. The number of hydrogen-bond donors (Lipinski definition) is 0. The molecule has 2 aromatic heterocycles. The first kappa shape index (κ1) is 13.5. The van der Waals surface area contributed by atoms with Crippen molar-refractivity contribution in [3.05, 3.63) is 52.6 Å². The Morgan fingerprint density at radius 1 is 1.36 bits per heavy atom. The fourth-order valence-electron chi connectivity index (χ4n) is 3.23. The number of rotatable bonds is 2. The van der Waals surface area contributed by atoms with Crippen LogP contribution in [0, 0.1) is 0 Å². The van der Waals surface area contributed by atoms with Gasteiger partial charge in [0.1, 0.15) is 5.01 Å². The van der Waals surface area contributed by atoms with Gasteiger partial charge in [-0.1, -0.05) is 6.07 Å². The van der Waals surface area contributed by atoms with Crippen LogP contribution in [0.4, 0.5) is 0 Å². The van der Waals surface area contributed by atoms with Gasteiger partial charge in [-0.15, -0.1) is 11.3 Å². The zero-order valence-corrected chi connectivity index (χ0v) is 13.2. The topological polar surface area (TPSA) is 38.1 Å². The highest BCUT2D eigenvalue weighted by Crippen LogP contribution is 2.34. The summed E-state index contributed by atoms with van der Waals surface area (Å²) < 4.78 is 2.05. The van der Waals surface area contributed by atoms with Crippen molar-refractivity contribution in [2.75, 3.05) is 6.54 Å². The van der Waals surface area contributed by atoms with Crippen LogP contribution in [0.1, 0.15) is 34.2 Å². The molecule has 0 bridgehead atoms. The van der Waals surface area contributed by atoms with Gasteiger partial charge in [-0.3, -0.25) is 4.79 Å². The number of hydrogen-bond acceptors (Lipinski definition) is 3. The molecule has 0 spiro atoms. The highest BCUT2D eigenvalue weighted by molar-refractivity contribution is 7.09. The number of carbonyl (C=O) groups excluding carboxylic acids is 1. The minimum absolute atomic E-state index is 0.112. The molecule has 1 aromatic carbocycles. The van der Waals surface area contributed by atoms with Crippen LogP contribution in [0.25, 0.3) is 10.9 Å². The van der Waals surface area contributed by atoms with Crippen LogP contribution in [0.3, 0.4) is 0 Å². The normalized spacial score (nSPS) is 18.2. The number of likely N-dealkylation sites (tertiary alicyclic amines) is 1. The fraction of sp³-hybridized carbons (Fsp3) is 0.294. The number of nitrogens with zero attached hydrogens (tertiary/aromatic N) is 3. The van der Waals surface area contributed by atoms with Gasteiger partial charge in [0.15, 0.2) is 0 Å². The summed E-state index contributed by atoms with van der Waals surface area (Å²) >= 11 is 1.63. The van der Waals surface area contributed by atoms with E-state index in [0.717, 1.165) is 40.9 Å². The van der Waals surface area contributed by atoms with Crippen molar-refractivity contribution in [1.29, 1.82) is 0 Å². The lowest BCUT2D eigenvalue weighted by Gasteiger charge is -2.23. The first-order chi connectivity index (χ1) is 10.7. The molecule has 22 heavy (non-hydrogen) atoms. The molecule has 4 nitrogen and oxygen atoms in total. The van der Waals surface area contributed by atoms with Crippen molar-refractivity contribution < 1.29 is 4.79 Å². The Kier molecular flexibility index (Phi) is 3.22. The molecule has 3 aromatic rings. The first-order valence-corrected chi connectivity index (χ1v) is 8.37. The first-order valence-electron chi connectivity index (χ1n) is 7.49. The van der Waals surface area contributed by atoms with E-state index in [2.05, 4.69) is 15.6 Å². The average Bonchev–Trinajstić information content (AvgIpc) is 3.26. The van der Waals surface area contributed by atoms with Gasteiger partial charge in [0.05, 0.1) is 6.04 Å². The van der Waals surface area contributed by atoms with Gasteiger partial charge in [0.2, 0.25) is 0 Å². The lowest BCUT2D eigenvalue weighted by molar-refractivity contribution is 0.0735. The van der Waals surface area contributed by atoms with E-state index in [9.17, 15) is 4.79 Å². The summed E-state index contributed by atoms with van der Waals surface area (Å²) in [5, 5.41) is 4.19. The van der Waals surface area contributed by atoms with E-state index >= 15 is 0 Å². The predicted octanol–water partition coefficient (Wildman–Crippen LogP) is 3.61. The molecule has 1 aliphatic rings. The van der Waals surface area contributed by atoms with E-state index in [1.807, 2.05) is 47.9 Å². The molecule has 3 heterocycles. The molecule has 1 amide bonds. The van der Waals surface area contributed by atoms with E-state index in [-0.39, 0.29) is 11.9 Å². The van der Waals surface area contributed by atoms with E-state index < -0.39 is 0 Å². The molecule has 1 aliphatic heterocycles. The Hall–Kier alpha value is -2.14.